The minimum absolute atomic E-state index is 0.0313. The van der Waals surface area contributed by atoms with E-state index >= 15 is 0 Å². The van der Waals surface area contributed by atoms with Crippen LogP contribution in [0.5, 0.6) is 0 Å². The van der Waals surface area contributed by atoms with Gasteiger partial charge in [-0.15, -0.1) is 0 Å². The summed E-state index contributed by atoms with van der Waals surface area (Å²) in [6.45, 7) is 3.85. The number of carbonyl (C=O) groups excluding carboxylic acids is 6. The van der Waals surface area contributed by atoms with E-state index in [1.165, 1.54) is 79.7 Å². The molecule has 3 fully saturated rings. The number of rotatable bonds is 20. The lowest BCUT2D eigenvalue weighted by Crippen LogP contribution is -2.68. The second-order valence-corrected chi connectivity index (χ2v) is 18.7. The van der Waals surface area contributed by atoms with Crippen molar-refractivity contribution >= 4 is 45.8 Å². The average molecular weight is 1060 g/mol. The monoisotopic (exact) mass is 1060 g/mol. The maximum atomic E-state index is 14.4. The summed E-state index contributed by atoms with van der Waals surface area (Å²) in [6.07, 6.45) is -18.6. The summed E-state index contributed by atoms with van der Waals surface area (Å²) in [5.74, 6) is -8.82. The Kier molecular flexibility index (Phi) is 19.1. The molecular weight excluding hydrogens is 1010 g/mol. The van der Waals surface area contributed by atoms with Gasteiger partial charge in [0.1, 0.15) is 43.2 Å². The number of azide groups is 3. The summed E-state index contributed by atoms with van der Waals surface area (Å²) >= 11 is 0. The van der Waals surface area contributed by atoms with Crippen molar-refractivity contribution in [1.82, 2.24) is 4.72 Å². The van der Waals surface area contributed by atoms with E-state index in [1.807, 2.05) is 0 Å². The lowest BCUT2D eigenvalue weighted by Gasteiger charge is -2.50. The SMILES string of the molecule is CC(=O)OC1C(N=[N+]=[N-])[C@@H](O[C@@H]2C(N=[N+]=[N-])C[C@@H](NS(=O)(=O)c3ccccc3)C(OC(C)=O)C2O[C@]2(OC(=O)c3ccccc3)CO[C@H](CN=[N+]=[N-])C2OC(=O)c2ccccc2)OC([C@@H](C)OC(C)=O)[C@H]1OC(C)=O. The summed E-state index contributed by atoms with van der Waals surface area (Å²) in [6, 6.07) is 16.5. The second-order valence-electron chi connectivity index (χ2n) is 17.0. The van der Waals surface area contributed by atoms with Gasteiger partial charge in [0.15, 0.2) is 24.6 Å². The van der Waals surface area contributed by atoms with E-state index in [1.54, 1.807) is 18.2 Å². The van der Waals surface area contributed by atoms with Crippen molar-refractivity contribution in [2.24, 2.45) is 15.3 Å². The predicted octanol–water partition coefficient (Wildman–Crippen LogP) is 4.83. The molecule has 3 aromatic carbocycles. The highest BCUT2D eigenvalue weighted by molar-refractivity contribution is 7.89. The first-order valence-electron chi connectivity index (χ1n) is 22.8. The normalized spacial score (nSPS) is 28.5. The molecule has 3 aromatic rings. The molecule has 75 heavy (non-hydrogen) atoms. The first-order chi connectivity index (χ1) is 35.8. The van der Waals surface area contributed by atoms with Gasteiger partial charge in [0, 0.05) is 42.4 Å². The standard InChI is InChI=1S/C46H50N10O18S/c1-24(66-25(2)57)36-40(69-28(5)60)39(68-27(4)59)35(52-56-49)45(70-36)71-37-32(51-55-48)21-33(53-75(63,64)31-19-13-8-14-20-31)38(67-26(3)58)41(37)73-46(74-44(62)30-17-11-7-12-18-30)23-65-34(22-50-54-47)42(46)72-43(61)29-15-9-6-10-16-29/h6-20,24,32-42,45,53H,21-23H2,1-5H3/t24-,32?,33-,34-,35?,36?,37-,38?,39?,40-,41?,42?,45-,46+/m1/s1. The second kappa shape index (κ2) is 25.4. The molecule has 398 valence electrons. The van der Waals surface area contributed by atoms with Crippen LogP contribution in [0.2, 0.25) is 0 Å². The molecule has 1 saturated carbocycles. The van der Waals surface area contributed by atoms with Crippen molar-refractivity contribution in [3.63, 3.8) is 0 Å². The topological polar surface area (TPSA) is 387 Å². The van der Waals surface area contributed by atoms with E-state index in [-0.39, 0.29) is 16.0 Å². The number of hydrogen-bond acceptors (Lipinski definition) is 21. The van der Waals surface area contributed by atoms with Gasteiger partial charge in [-0.1, -0.05) is 69.9 Å². The van der Waals surface area contributed by atoms with Crippen LogP contribution < -0.4 is 4.72 Å². The van der Waals surface area contributed by atoms with Gasteiger partial charge < -0.3 is 47.4 Å². The molecule has 0 aromatic heterocycles. The van der Waals surface area contributed by atoms with Crippen molar-refractivity contribution in [3.05, 3.63) is 133 Å². The van der Waals surface area contributed by atoms with Crippen LogP contribution in [0.3, 0.4) is 0 Å². The summed E-state index contributed by atoms with van der Waals surface area (Å²) in [7, 11) is -4.60. The van der Waals surface area contributed by atoms with E-state index in [4.69, 9.17) is 47.4 Å². The lowest BCUT2D eigenvalue weighted by molar-refractivity contribution is -0.333. The van der Waals surface area contributed by atoms with Crippen molar-refractivity contribution in [3.8, 4) is 0 Å². The number of esters is 6. The van der Waals surface area contributed by atoms with E-state index < -0.39 is 151 Å². The van der Waals surface area contributed by atoms with Crippen molar-refractivity contribution < 1.29 is 84.6 Å². The number of benzene rings is 3. The van der Waals surface area contributed by atoms with Crippen LogP contribution in [0.15, 0.2) is 111 Å². The molecule has 0 amide bonds. The third kappa shape index (κ3) is 14.1. The van der Waals surface area contributed by atoms with Gasteiger partial charge in [0.25, 0.3) is 5.79 Å². The maximum Gasteiger partial charge on any atom is 0.340 e. The highest BCUT2D eigenvalue weighted by atomic mass is 32.2. The number of nitrogens with zero attached hydrogens (tertiary/aromatic N) is 9. The van der Waals surface area contributed by atoms with E-state index in [2.05, 4.69) is 34.8 Å². The van der Waals surface area contributed by atoms with Gasteiger partial charge in [-0.05, 0) is 66.3 Å². The van der Waals surface area contributed by atoms with Crippen LogP contribution in [-0.2, 0) is 76.6 Å². The summed E-state index contributed by atoms with van der Waals surface area (Å²) < 4.78 is 91.5. The van der Waals surface area contributed by atoms with Gasteiger partial charge in [-0.3, -0.25) is 19.2 Å². The molecule has 2 saturated heterocycles. The Labute approximate surface area is 427 Å². The van der Waals surface area contributed by atoms with Gasteiger partial charge in [0.2, 0.25) is 10.0 Å². The number of hydrogen-bond donors (Lipinski definition) is 1. The van der Waals surface area contributed by atoms with Crippen LogP contribution >= 0.6 is 0 Å². The molecule has 29 heteroatoms. The Morgan fingerprint density at radius 3 is 1.83 bits per heavy atom. The molecule has 1 N–H and O–H groups in total. The quantitative estimate of drug-likeness (QED) is 0.0395. The highest BCUT2D eigenvalue weighted by Crippen LogP contribution is 2.42. The van der Waals surface area contributed by atoms with Crippen LogP contribution in [-0.4, -0.2) is 143 Å². The van der Waals surface area contributed by atoms with Crippen LogP contribution in [0.4, 0.5) is 0 Å². The molecule has 28 nitrogen and oxygen atoms in total. The third-order valence-corrected chi connectivity index (χ3v) is 13.2. The van der Waals surface area contributed by atoms with Crippen LogP contribution in [0.25, 0.3) is 31.3 Å². The Hall–Kier alpha value is -7.84. The fourth-order valence-electron chi connectivity index (χ4n) is 8.72. The average Bonchev–Trinajstić information content (AvgIpc) is 3.69. The first-order valence-corrected chi connectivity index (χ1v) is 24.3. The Morgan fingerprint density at radius 1 is 0.707 bits per heavy atom. The summed E-state index contributed by atoms with van der Waals surface area (Å²) in [5.41, 5.74) is 29.5. The number of ether oxygens (including phenoxy) is 10. The Bertz CT molecular complexity index is 2820. The molecular formula is C46H50N10O18S. The molecule has 3 aliphatic rings. The van der Waals surface area contributed by atoms with E-state index in [0.717, 1.165) is 27.7 Å². The van der Waals surface area contributed by atoms with Gasteiger partial charge in [0.05, 0.1) is 40.8 Å². The molecule has 1 aliphatic carbocycles. The molecule has 0 radical (unpaired) electrons. The number of sulfonamides is 1. The first kappa shape index (κ1) is 56.5. The summed E-state index contributed by atoms with van der Waals surface area (Å²) in [5, 5.41) is 11.3. The molecule has 7 unspecified atom stereocenters. The molecule has 2 aliphatic heterocycles. The molecule has 2 heterocycles. The smallest absolute Gasteiger partial charge is 0.340 e. The van der Waals surface area contributed by atoms with Crippen molar-refractivity contribution in [2.75, 3.05) is 13.2 Å². The molecule has 0 spiro atoms. The number of carbonyl (C=O) groups is 6. The van der Waals surface area contributed by atoms with Crippen molar-refractivity contribution in [1.29, 1.82) is 0 Å². The van der Waals surface area contributed by atoms with E-state index in [0.29, 0.717) is 0 Å². The third-order valence-electron chi connectivity index (χ3n) is 11.7. The van der Waals surface area contributed by atoms with Crippen LogP contribution in [0.1, 0.15) is 61.8 Å². The minimum atomic E-state index is -4.60. The zero-order chi connectivity index (χ0) is 54.5. The van der Waals surface area contributed by atoms with Gasteiger partial charge in [-0.2, -0.15) is 0 Å². The minimum Gasteiger partial charge on any atom is -0.460 e. The zero-order valence-corrected chi connectivity index (χ0v) is 41.4. The molecule has 14 atom stereocenters. The Balaban J connectivity index is 1.61. The molecule has 6 rings (SSSR count). The van der Waals surface area contributed by atoms with Crippen LogP contribution in [0, 0.1) is 0 Å². The fourth-order valence-corrected chi connectivity index (χ4v) is 10.0. The van der Waals surface area contributed by atoms with Gasteiger partial charge >= 0.3 is 35.8 Å². The number of nitrogens with one attached hydrogen (secondary N) is 1. The predicted molar refractivity (Wildman–Crippen MR) is 251 cm³/mol. The van der Waals surface area contributed by atoms with Crippen molar-refractivity contribution in [2.45, 2.75) is 131 Å². The summed E-state index contributed by atoms with van der Waals surface area (Å²) in [4.78, 5) is 87.9. The Morgan fingerprint density at radius 2 is 1.27 bits per heavy atom. The molecule has 0 bridgehead atoms. The largest absolute Gasteiger partial charge is 0.460 e. The lowest BCUT2D eigenvalue weighted by atomic mass is 9.83. The fraction of sp³-hybridized carbons (Fsp3) is 0.478. The maximum absolute atomic E-state index is 14.4. The zero-order valence-electron chi connectivity index (χ0n) is 40.6. The van der Waals surface area contributed by atoms with E-state index in [9.17, 15) is 53.8 Å². The van der Waals surface area contributed by atoms with Gasteiger partial charge in [-0.25, -0.2) is 22.7 Å². The highest BCUT2D eigenvalue weighted by Gasteiger charge is 2.63.